The summed E-state index contributed by atoms with van der Waals surface area (Å²) in [6, 6.07) is -0.708. The molecule has 0 aliphatic rings. The summed E-state index contributed by atoms with van der Waals surface area (Å²) in [6.07, 6.45) is 40.0. The smallest absolute Gasteiger partial charge is 0.462 e. The van der Waals surface area contributed by atoms with Crippen LogP contribution in [0.1, 0.15) is 206 Å². The van der Waals surface area contributed by atoms with E-state index in [1.54, 1.807) is 0 Å². The number of carbonyl (C=O) groups excluding carboxylic acids is 3. The topological polar surface area (TPSA) is 179 Å². The van der Waals surface area contributed by atoms with Crippen molar-refractivity contribution in [2.24, 2.45) is 11.5 Å². The van der Waals surface area contributed by atoms with Crippen molar-refractivity contribution in [3.8, 4) is 0 Å². The van der Waals surface area contributed by atoms with E-state index in [0.717, 1.165) is 64.2 Å². The van der Waals surface area contributed by atoms with Gasteiger partial charge in [-0.1, -0.05) is 141 Å². The Kier molecular flexibility index (Phi) is 42.1. The minimum absolute atomic E-state index is 0.0220. The normalized spacial score (nSPS) is 13.8. The van der Waals surface area contributed by atoms with Crippen LogP contribution in [0.15, 0.2) is 24.3 Å². The molecule has 12 nitrogen and oxygen atoms in total. The van der Waals surface area contributed by atoms with Gasteiger partial charge in [0.05, 0.1) is 19.3 Å². The van der Waals surface area contributed by atoms with E-state index < -0.39 is 31.9 Å². The van der Waals surface area contributed by atoms with Gasteiger partial charge in [0.15, 0.2) is 6.10 Å². The molecule has 0 aromatic rings. The van der Waals surface area contributed by atoms with Crippen molar-refractivity contribution in [3.05, 3.63) is 24.3 Å². The first-order valence-electron chi connectivity index (χ1n) is 24.0. The summed E-state index contributed by atoms with van der Waals surface area (Å²) in [5, 5.41) is 2.62. The zero-order valence-corrected chi connectivity index (χ0v) is 39.4. The maximum absolute atomic E-state index is 13.2. The molecule has 0 heterocycles. The number of nitrogens with two attached hydrogens (primary N) is 2. The molecule has 0 aromatic heterocycles. The highest BCUT2D eigenvalue weighted by Crippen LogP contribution is 2.48. The van der Waals surface area contributed by atoms with Gasteiger partial charge in [-0.2, -0.15) is 0 Å². The number of ether oxygens (including phenoxy) is 2. The number of unbranched alkanes of at least 4 members (excludes halogenated alkanes) is 22. The van der Waals surface area contributed by atoms with Crippen LogP contribution in [0.25, 0.3) is 0 Å². The number of allylic oxidation sites excluding steroid dienone is 4. The molecule has 0 aliphatic carbocycles. The van der Waals surface area contributed by atoms with Gasteiger partial charge in [-0.15, -0.1) is 0 Å². The van der Waals surface area contributed by atoms with Crippen LogP contribution in [0.3, 0.4) is 0 Å². The zero-order valence-electron chi connectivity index (χ0n) is 38.5. The number of hydrogen-bond donors (Lipinski definition) is 3. The highest BCUT2D eigenvalue weighted by Gasteiger charge is 2.29. The lowest BCUT2D eigenvalue weighted by molar-refractivity contribution is -0.161. The van der Waals surface area contributed by atoms with Crippen LogP contribution < -0.4 is 16.8 Å². The molecule has 0 radical (unpaired) electrons. The Balaban J connectivity index is 4.66. The SMILES string of the molecule is CCCCCCCC/C=C\CCCCCCCC(=O)OC(COC(=O)CCCCCCC/C=C/CCCCCCCC)COP(=O)(OC)OCCNC(=O)C(N)CCCN. The second-order valence-corrected chi connectivity index (χ2v) is 17.8. The Morgan fingerprint density at radius 2 is 1.05 bits per heavy atom. The number of hydrogen-bond acceptors (Lipinski definition) is 11. The van der Waals surface area contributed by atoms with Crippen LogP contribution in [0, 0.1) is 0 Å². The van der Waals surface area contributed by atoms with Crippen LogP contribution in [0.2, 0.25) is 0 Å². The number of nitrogens with one attached hydrogen (secondary N) is 1. The zero-order chi connectivity index (χ0) is 44.2. The van der Waals surface area contributed by atoms with Crippen molar-refractivity contribution in [1.82, 2.24) is 5.32 Å². The molecule has 0 fully saturated rings. The van der Waals surface area contributed by atoms with Gasteiger partial charge >= 0.3 is 19.8 Å². The molecule has 1 amide bonds. The van der Waals surface area contributed by atoms with Gasteiger partial charge in [-0.3, -0.25) is 28.0 Å². The predicted octanol–water partition coefficient (Wildman–Crippen LogP) is 11.5. The number of rotatable bonds is 45. The first kappa shape index (κ1) is 57.9. The number of carbonyl (C=O) groups is 3. The molecule has 3 atom stereocenters. The fraction of sp³-hybridized carbons (Fsp3) is 0.851. The lowest BCUT2D eigenvalue weighted by Crippen LogP contribution is -2.42. The molecule has 0 spiro atoms. The Hall–Kier alpha value is -2.08. The molecule has 3 unspecified atom stereocenters. The van der Waals surface area contributed by atoms with Gasteiger partial charge in [0, 0.05) is 26.5 Å². The van der Waals surface area contributed by atoms with Crippen LogP contribution in [0.5, 0.6) is 0 Å². The molecule has 0 bridgehead atoms. The molecule has 0 saturated carbocycles. The summed E-state index contributed by atoms with van der Waals surface area (Å²) < 4.78 is 40.1. The number of phosphoric ester groups is 1. The molecular formula is C47H90N3O9P. The van der Waals surface area contributed by atoms with E-state index in [0.29, 0.717) is 32.2 Å². The highest BCUT2D eigenvalue weighted by atomic mass is 31.2. The average molecular weight is 872 g/mol. The lowest BCUT2D eigenvalue weighted by atomic mass is 10.1. The van der Waals surface area contributed by atoms with Gasteiger partial charge in [-0.05, 0) is 83.6 Å². The fourth-order valence-corrected chi connectivity index (χ4v) is 7.50. The minimum Gasteiger partial charge on any atom is -0.462 e. The molecule has 5 N–H and O–H groups in total. The highest BCUT2D eigenvalue weighted by molar-refractivity contribution is 7.48. The largest absolute Gasteiger partial charge is 0.474 e. The summed E-state index contributed by atoms with van der Waals surface area (Å²) in [6.45, 7) is 4.15. The third-order valence-electron chi connectivity index (χ3n) is 10.4. The maximum Gasteiger partial charge on any atom is 0.474 e. The summed E-state index contributed by atoms with van der Waals surface area (Å²) >= 11 is 0. The average Bonchev–Trinajstić information content (AvgIpc) is 3.25. The van der Waals surface area contributed by atoms with E-state index in [1.807, 2.05) is 0 Å². The number of amides is 1. The molecule has 0 rings (SSSR count). The monoisotopic (exact) mass is 872 g/mol. The van der Waals surface area contributed by atoms with Crippen LogP contribution in [-0.4, -0.2) is 70.0 Å². The second-order valence-electron chi connectivity index (χ2n) is 16.1. The first-order valence-corrected chi connectivity index (χ1v) is 25.5. The standard InChI is InChI=1S/C47H90N3O9P/c1-4-6-8-10-12-14-16-18-20-22-24-26-28-30-32-36-45(51)56-41-43(42-58-60(54,55-3)57-40-39-50-47(53)44(49)35-34-38-48)59-46(52)37-33-31-29-27-25-23-21-19-17-15-13-11-9-7-5-2/h18-21,43-44H,4-17,22-42,48-49H2,1-3H3,(H,50,53)/b20-18+,21-19-. The van der Waals surface area contributed by atoms with E-state index in [-0.39, 0.29) is 45.1 Å². The lowest BCUT2D eigenvalue weighted by Gasteiger charge is -2.21. The Morgan fingerprint density at radius 1 is 0.600 bits per heavy atom. The number of esters is 2. The second kappa shape index (κ2) is 43.6. The third-order valence-corrected chi connectivity index (χ3v) is 11.8. The van der Waals surface area contributed by atoms with Crippen molar-refractivity contribution < 1.29 is 42.0 Å². The molecule has 0 saturated heterocycles. The van der Waals surface area contributed by atoms with Crippen LogP contribution in [0.4, 0.5) is 0 Å². The van der Waals surface area contributed by atoms with Gasteiger partial charge in [0.1, 0.15) is 6.61 Å². The van der Waals surface area contributed by atoms with Crippen LogP contribution >= 0.6 is 7.82 Å². The van der Waals surface area contributed by atoms with E-state index in [1.165, 1.54) is 97.0 Å². The van der Waals surface area contributed by atoms with Crippen molar-refractivity contribution >= 4 is 25.7 Å². The molecule has 352 valence electrons. The molecule has 60 heavy (non-hydrogen) atoms. The summed E-state index contributed by atoms with van der Waals surface area (Å²) in [5.41, 5.74) is 11.3. The molecule has 0 aliphatic heterocycles. The van der Waals surface area contributed by atoms with E-state index in [9.17, 15) is 18.9 Å². The van der Waals surface area contributed by atoms with Crippen molar-refractivity contribution in [2.75, 3.05) is 40.0 Å². The molecule has 13 heteroatoms. The quantitative estimate of drug-likeness (QED) is 0.0229. The Morgan fingerprint density at radius 3 is 1.52 bits per heavy atom. The predicted molar refractivity (Wildman–Crippen MR) is 246 cm³/mol. The van der Waals surface area contributed by atoms with Gasteiger partial charge in [0.25, 0.3) is 0 Å². The maximum atomic E-state index is 13.2. The molecule has 0 aromatic carbocycles. The van der Waals surface area contributed by atoms with Gasteiger partial charge < -0.3 is 26.3 Å². The summed E-state index contributed by atoms with van der Waals surface area (Å²) in [4.78, 5) is 37.6. The molecular weight excluding hydrogens is 782 g/mol. The van der Waals surface area contributed by atoms with Gasteiger partial charge in [0.2, 0.25) is 5.91 Å². The third kappa shape index (κ3) is 38.8. The van der Waals surface area contributed by atoms with Gasteiger partial charge in [-0.25, -0.2) is 4.57 Å². The van der Waals surface area contributed by atoms with E-state index in [4.69, 9.17) is 34.5 Å². The Labute approximate surface area is 366 Å². The fourth-order valence-electron chi connectivity index (χ4n) is 6.55. The Bertz CT molecular complexity index is 1120. The summed E-state index contributed by atoms with van der Waals surface area (Å²) in [7, 11) is -2.92. The van der Waals surface area contributed by atoms with Crippen molar-refractivity contribution in [1.29, 1.82) is 0 Å². The minimum atomic E-state index is -4.09. The van der Waals surface area contributed by atoms with Crippen molar-refractivity contribution in [2.45, 2.75) is 219 Å². The number of phosphoric acid groups is 1. The van der Waals surface area contributed by atoms with E-state index >= 15 is 0 Å². The summed E-state index contributed by atoms with van der Waals surface area (Å²) in [5.74, 6) is -1.21. The first-order chi connectivity index (χ1) is 29.2. The van der Waals surface area contributed by atoms with Crippen molar-refractivity contribution in [3.63, 3.8) is 0 Å². The van der Waals surface area contributed by atoms with E-state index in [2.05, 4.69) is 43.5 Å². The van der Waals surface area contributed by atoms with Crippen LogP contribution in [-0.2, 0) is 42.0 Å².